The minimum atomic E-state index is -3.63. The molecule has 6 nitrogen and oxygen atoms in total. The molecule has 0 heterocycles. The number of ether oxygens (including phenoxy) is 1. The maximum absolute atomic E-state index is 14.1. The fourth-order valence-corrected chi connectivity index (χ4v) is 5.26. The minimum Gasteiger partial charge on any atom is -0.444 e. The van der Waals surface area contributed by atoms with Crippen molar-refractivity contribution in [3.63, 3.8) is 0 Å². The minimum absolute atomic E-state index is 0.00614. The van der Waals surface area contributed by atoms with Crippen molar-refractivity contribution in [1.82, 2.24) is 5.32 Å². The van der Waals surface area contributed by atoms with Crippen LogP contribution in [0.15, 0.2) is 23.1 Å². The molecule has 1 aliphatic rings. The van der Waals surface area contributed by atoms with Crippen LogP contribution in [0.1, 0.15) is 71.0 Å². The SMILES string of the molecule is CC(C)(C)OC(=O)NCCC(O)c1cc(F)cc(S(=O)(=O)CC2CCCCC2)c1. The van der Waals surface area contributed by atoms with E-state index in [1.807, 2.05) is 0 Å². The highest BCUT2D eigenvalue weighted by Crippen LogP contribution is 2.29. The number of hydrogen-bond donors (Lipinski definition) is 2. The van der Waals surface area contributed by atoms with E-state index in [0.717, 1.165) is 44.2 Å². The molecule has 0 radical (unpaired) electrons. The summed E-state index contributed by atoms with van der Waals surface area (Å²) >= 11 is 0. The lowest BCUT2D eigenvalue weighted by Crippen LogP contribution is -2.33. The van der Waals surface area contributed by atoms with Gasteiger partial charge in [-0.25, -0.2) is 17.6 Å². The predicted octanol–water partition coefficient (Wildman–Crippen LogP) is 4.13. The Morgan fingerprint density at radius 1 is 1.24 bits per heavy atom. The molecule has 1 fully saturated rings. The van der Waals surface area contributed by atoms with Gasteiger partial charge in [0.2, 0.25) is 0 Å². The number of nitrogens with one attached hydrogen (secondary N) is 1. The van der Waals surface area contributed by atoms with Gasteiger partial charge in [-0.2, -0.15) is 0 Å². The van der Waals surface area contributed by atoms with Gasteiger partial charge in [0.15, 0.2) is 9.84 Å². The summed E-state index contributed by atoms with van der Waals surface area (Å²) in [5, 5.41) is 12.9. The quantitative estimate of drug-likeness (QED) is 0.680. The van der Waals surface area contributed by atoms with E-state index in [-0.39, 0.29) is 35.1 Å². The first-order valence-electron chi connectivity index (χ1n) is 10.1. The molecule has 0 bridgehead atoms. The van der Waals surface area contributed by atoms with Crippen molar-refractivity contribution in [1.29, 1.82) is 0 Å². The van der Waals surface area contributed by atoms with Crippen LogP contribution in [0.5, 0.6) is 0 Å². The highest BCUT2D eigenvalue weighted by Gasteiger charge is 2.25. The zero-order chi connectivity index (χ0) is 21.7. The van der Waals surface area contributed by atoms with Gasteiger partial charge in [-0.1, -0.05) is 19.3 Å². The van der Waals surface area contributed by atoms with Crippen molar-refractivity contribution in [2.45, 2.75) is 75.9 Å². The smallest absolute Gasteiger partial charge is 0.407 e. The van der Waals surface area contributed by atoms with Crippen LogP contribution < -0.4 is 5.32 Å². The van der Waals surface area contributed by atoms with Crippen molar-refractivity contribution in [2.75, 3.05) is 12.3 Å². The fourth-order valence-electron chi connectivity index (χ4n) is 3.51. The average Bonchev–Trinajstić information content (AvgIpc) is 2.60. The van der Waals surface area contributed by atoms with E-state index < -0.39 is 33.5 Å². The topological polar surface area (TPSA) is 92.7 Å². The van der Waals surface area contributed by atoms with Gasteiger partial charge in [0.1, 0.15) is 11.4 Å². The van der Waals surface area contributed by atoms with Crippen LogP contribution in [-0.2, 0) is 14.6 Å². The molecule has 1 unspecified atom stereocenters. The van der Waals surface area contributed by atoms with Crippen LogP contribution in [0.4, 0.5) is 9.18 Å². The van der Waals surface area contributed by atoms with Gasteiger partial charge < -0.3 is 15.2 Å². The first-order valence-corrected chi connectivity index (χ1v) is 11.8. The lowest BCUT2D eigenvalue weighted by Gasteiger charge is -2.21. The van der Waals surface area contributed by atoms with Crippen LogP contribution >= 0.6 is 0 Å². The van der Waals surface area contributed by atoms with Crippen LogP contribution in [0, 0.1) is 11.7 Å². The maximum Gasteiger partial charge on any atom is 0.407 e. The number of carbonyl (C=O) groups is 1. The number of sulfone groups is 1. The first-order chi connectivity index (χ1) is 13.5. The highest BCUT2D eigenvalue weighted by atomic mass is 32.2. The molecule has 1 aromatic carbocycles. The van der Waals surface area contributed by atoms with E-state index in [2.05, 4.69) is 5.32 Å². The molecule has 0 aromatic heterocycles. The molecular weight excluding hydrogens is 397 g/mol. The Hall–Kier alpha value is -1.67. The Balaban J connectivity index is 2.00. The van der Waals surface area contributed by atoms with E-state index in [9.17, 15) is 22.7 Å². The molecule has 2 N–H and O–H groups in total. The summed E-state index contributed by atoms with van der Waals surface area (Å²) in [6.07, 6.45) is 3.31. The molecule has 2 rings (SSSR count). The van der Waals surface area contributed by atoms with Gasteiger partial charge in [0.25, 0.3) is 0 Å². The number of halogens is 1. The molecule has 29 heavy (non-hydrogen) atoms. The van der Waals surface area contributed by atoms with Crippen molar-refractivity contribution in [3.8, 4) is 0 Å². The van der Waals surface area contributed by atoms with Gasteiger partial charge in [-0.05, 0) is 69.7 Å². The van der Waals surface area contributed by atoms with Crippen LogP contribution in [-0.4, -0.2) is 37.5 Å². The molecule has 0 spiro atoms. The average molecular weight is 430 g/mol. The van der Waals surface area contributed by atoms with Crippen molar-refractivity contribution < 1.29 is 27.4 Å². The van der Waals surface area contributed by atoms with Crippen molar-refractivity contribution >= 4 is 15.9 Å². The highest BCUT2D eigenvalue weighted by molar-refractivity contribution is 7.91. The molecular formula is C21H32FNO5S. The summed E-state index contributed by atoms with van der Waals surface area (Å²) in [4.78, 5) is 11.6. The third-order valence-electron chi connectivity index (χ3n) is 4.90. The van der Waals surface area contributed by atoms with Gasteiger partial charge in [-0.3, -0.25) is 0 Å². The Morgan fingerprint density at radius 2 is 1.90 bits per heavy atom. The molecule has 164 valence electrons. The van der Waals surface area contributed by atoms with E-state index in [4.69, 9.17) is 4.74 Å². The molecule has 1 aliphatic carbocycles. The lowest BCUT2D eigenvalue weighted by molar-refractivity contribution is 0.0518. The zero-order valence-electron chi connectivity index (χ0n) is 17.4. The molecule has 8 heteroatoms. The van der Waals surface area contributed by atoms with Gasteiger partial charge >= 0.3 is 6.09 Å². The summed E-state index contributed by atoms with van der Waals surface area (Å²) in [7, 11) is -3.63. The molecule has 1 saturated carbocycles. The summed E-state index contributed by atoms with van der Waals surface area (Å²) in [5.41, 5.74) is -0.453. The number of rotatable bonds is 7. The summed E-state index contributed by atoms with van der Waals surface area (Å²) in [6, 6.07) is 3.46. The molecule has 1 atom stereocenters. The summed E-state index contributed by atoms with van der Waals surface area (Å²) in [6.45, 7) is 5.33. The number of aliphatic hydroxyl groups is 1. The second-order valence-corrected chi connectivity index (χ2v) is 10.8. The monoisotopic (exact) mass is 429 g/mol. The predicted molar refractivity (Wildman–Crippen MR) is 109 cm³/mol. The lowest BCUT2D eigenvalue weighted by atomic mass is 9.91. The van der Waals surface area contributed by atoms with Crippen LogP contribution in [0.2, 0.25) is 0 Å². The van der Waals surface area contributed by atoms with Gasteiger partial charge in [0.05, 0.1) is 16.8 Å². The van der Waals surface area contributed by atoms with E-state index in [0.29, 0.717) is 0 Å². The first kappa shape index (κ1) is 23.6. The standard InChI is InChI=1S/C21H32FNO5S/c1-21(2,3)28-20(25)23-10-9-19(24)16-11-17(22)13-18(12-16)29(26,27)14-15-7-5-4-6-8-15/h11-13,15,19,24H,4-10,14H2,1-3H3,(H,23,25). The Kier molecular flexibility index (Phi) is 8.05. The zero-order valence-corrected chi connectivity index (χ0v) is 18.2. The number of aliphatic hydroxyl groups excluding tert-OH is 1. The summed E-state index contributed by atoms with van der Waals surface area (Å²) < 4.78 is 44.7. The maximum atomic E-state index is 14.1. The normalized spacial score (nSPS) is 17.0. The van der Waals surface area contributed by atoms with Gasteiger partial charge in [-0.15, -0.1) is 0 Å². The number of amides is 1. The second-order valence-electron chi connectivity index (χ2n) is 8.74. The summed E-state index contributed by atoms with van der Waals surface area (Å²) in [5.74, 6) is -0.598. The number of carbonyl (C=O) groups excluding carboxylic acids is 1. The molecule has 1 amide bonds. The Morgan fingerprint density at radius 3 is 2.52 bits per heavy atom. The van der Waals surface area contributed by atoms with Gasteiger partial charge in [0, 0.05) is 6.54 Å². The van der Waals surface area contributed by atoms with E-state index in [1.54, 1.807) is 20.8 Å². The van der Waals surface area contributed by atoms with E-state index >= 15 is 0 Å². The number of alkyl carbamates (subject to hydrolysis) is 1. The van der Waals surface area contributed by atoms with Crippen LogP contribution in [0.3, 0.4) is 0 Å². The van der Waals surface area contributed by atoms with E-state index in [1.165, 1.54) is 6.07 Å². The second kappa shape index (κ2) is 9.89. The number of hydrogen-bond acceptors (Lipinski definition) is 5. The Labute approximate surface area is 172 Å². The number of benzene rings is 1. The van der Waals surface area contributed by atoms with Crippen molar-refractivity contribution in [2.24, 2.45) is 5.92 Å². The molecule has 0 saturated heterocycles. The molecule has 0 aliphatic heterocycles. The molecule has 1 aromatic rings. The fraction of sp³-hybridized carbons (Fsp3) is 0.667. The third kappa shape index (κ3) is 7.93. The largest absolute Gasteiger partial charge is 0.444 e. The third-order valence-corrected chi connectivity index (χ3v) is 6.77. The van der Waals surface area contributed by atoms with Crippen LogP contribution in [0.25, 0.3) is 0 Å². The Bertz CT molecular complexity index is 798. The van der Waals surface area contributed by atoms with Crippen molar-refractivity contribution in [3.05, 3.63) is 29.6 Å².